The monoisotopic (exact) mass is 260 g/mol. The molecule has 1 saturated heterocycles. The molecule has 17 heavy (non-hydrogen) atoms. The smallest absolute Gasteiger partial charge is 0.225 e. The first kappa shape index (κ1) is 12.8. The van der Waals surface area contributed by atoms with Crippen LogP contribution in [0.4, 0.5) is 0 Å². The van der Waals surface area contributed by atoms with Crippen LogP contribution in [0.1, 0.15) is 32.1 Å². The van der Waals surface area contributed by atoms with Gasteiger partial charge in [-0.05, 0) is 19.3 Å². The summed E-state index contributed by atoms with van der Waals surface area (Å²) in [6, 6.07) is -0.102. The maximum atomic E-state index is 12.1. The number of likely N-dealkylation sites (tertiary alicyclic amines) is 1. The van der Waals surface area contributed by atoms with E-state index in [1.54, 1.807) is 0 Å². The molecule has 1 aliphatic carbocycles. The number of hydrogen-bond acceptors (Lipinski definition) is 3. The Hall–Kier alpha value is -0.620. The van der Waals surface area contributed by atoms with Gasteiger partial charge in [-0.3, -0.25) is 4.79 Å². The molecular weight excluding hydrogens is 240 g/mol. The molecule has 0 spiro atoms. The molecule has 0 aromatic rings. The second-order valence-corrected chi connectivity index (χ2v) is 6.92. The summed E-state index contributed by atoms with van der Waals surface area (Å²) in [7, 11) is -3.16. The first-order valence-corrected chi connectivity index (χ1v) is 8.11. The fourth-order valence-corrected chi connectivity index (χ4v) is 3.59. The minimum atomic E-state index is -3.16. The molecule has 98 valence electrons. The third-order valence-corrected chi connectivity index (χ3v) is 4.35. The van der Waals surface area contributed by atoms with Crippen LogP contribution in [-0.4, -0.2) is 44.6 Å². The summed E-state index contributed by atoms with van der Waals surface area (Å²) in [6.45, 7) is 1.21. The van der Waals surface area contributed by atoms with Crippen LogP contribution in [0, 0.1) is 5.92 Å². The number of hydrogen-bond donors (Lipinski definition) is 1. The number of carbonyl (C=O) groups is 1. The molecule has 2 fully saturated rings. The molecule has 1 aliphatic heterocycles. The highest BCUT2D eigenvalue weighted by Gasteiger charge is 2.32. The lowest BCUT2D eigenvalue weighted by Crippen LogP contribution is -2.39. The molecule has 1 heterocycles. The van der Waals surface area contributed by atoms with E-state index in [2.05, 4.69) is 4.72 Å². The van der Waals surface area contributed by atoms with E-state index in [4.69, 9.17) is 0 Å². The van der Waals surface area contributed by atoms with Crippen LogP contribution in [-0.2, 0) is 14.8 Å². The summed E-state index contributed by atoms with van der Waals surface area (Å²) < 4.78 is 24.8. The number of sulfonamides is 1. The van der Waals surface area contributed by atoms with Gasteiger partial charge in [0.25, 0.3) is 0 Å². The average molecular weight is 260 g/mol. The van der Waals surface area contributed by atoms with Crippen molar-refractivity contribution in [2.24, 2.45) is 5.92 Å². The highest BCUT2D eigenvalue weighted by molar-refractivity contribution is 7.88. The lowest BCUT2D eigenvalue weighted by Gasteiger charge is -2.20. The molecule has 5 nitrogen and oxygen atoms in total. The van der Waals surface area contributed by atoms with Gasteiger partial charge in [0.2, 0.25) is 15.9 Å². The van der Waals surface area contributed by atoms with Crippen molar-refractivity contribution in [1.82, 2.24) is 9.62 Å². The van der Waals surface area contributed by atoms with Gasteiger partial charge < -0.3 is 4.90 Å². The standard InChI is InChI=1S/C11H20N2O3S/c1-17(15,16)12-10-6-7-13(8-10)11(14)9-4-2-3-5-9/h9-10,12H,2-8H2,1H3. The molecule has 0 radical (unpaired) electrons. The van der Waals surface area contributed by atoms with Crippen molar-refractivity contribution in [2.45, 2.75) is 38.1 Å². The number of rotatable bonds is 3. The lowest BCUT2D eigenvalue weighted by atomic mass is 10.1. The molecule has 1 atom stereocenters. The summed E-state index contributed by atoms with van der Waals surface area (Å²) in [5.41, 5.74) is 0. The minimum absolute atomic E-state index is 0.102. The summed E-state index contributed by atoms with van der Waals surface area (Å²) in [4.78, 5) is 13.9. The van der Waals surface area contributed by atoms with Crippen LogP contribution in [0.5, 0.6) is 0 Å². The Labute approximate surface area is 103 Å². The van der Waals surface area contributed by atoms with Crippen LogP contribution < -0.4 is 4.72 Å². The van der Waals surface area contributed by atoms with Crippen molar-refractivity contribution in [3.63, 3.8) is 0 Å². The fraction of sp³-hybridized carbons (Fsp3) is 0.909. The molecule has 6 heteroatoms. The Bertz CT molecular complexity index is 388. The van der Waals surface area contributed by atoms with Crippen LogP contribution in [0.3, 0.4) is 0 Å². The van der Waals surface area contributed by atoms with E-state index in [0.29, 0.717) is 13.1 Å². The first-order chi connectivity index (χ1) is 7.96. The van der Waals surface area contributed by atoms with Crippen molar-refractivity contribution < 1.29 is 13.2 Å². The number of nitrogens with zero attached hydrogens (tertiary/aromatic N) is 1. The second kappa shape index (κ2) is 4.94. The summed E-state index contributed by atoms with van der Waals surface area (Å²) >= 11 is 0. The fourth-order valence-electron chi connectivity index (χ4n) is 2.79. The molecule has 0 bridgehead atoms. The third-order valence-electron chi connectivity index (χ3n) is 3.59. The SMILES string of the molecule is CS(=O)(=O)NC1CCN(C(=O)C2CCCC2)C1. The quantitative estimate of drug-likeness (QED) is 0.795. The van der Waals surface area contributed by atoms with Crippen molar-refractivity contribution in [1.29, 1.82) is 0 Å². The molecule has 1 amide bonds. The molecule has 1 unspecified atom stereocenters. The maximum absolute atomic E-state index is 12.1. The van der Waals surface area contributed by atoms with E-state index >= 15 is 0 Å². The van der Waals surface area contributed by atoms with E-state index < -0.39 is 10.0 Å². The molecule has 0 aromatic carbocycles. The van der Waals surface area contributed by atoms with E-state index in [9.17, 15) is 13.2 Å². The van der Waals surface area contributed by atoms with Gasteiger partial charge >= 0.3 is 0 Å². The van der Waals surface area contributed by atoms with Crippen molar-refractivity contribution in [3.05, 3.63) is 0 Å². The highest BCUT2D eigenvalue weighted by Crippen LogP contribution is 2.27. The van der Waals surface area contributed by atoms with Crippen LogP contribution in [0.15, 0.2) is 0 Å². The largest absolute Gasteiger partial charge is 0.341 e. The normalized spacial score (nSPS) is 26.6. The zero-order valence-electron chi connectivity index (χ0n) is 10.2. The van der Waals surface area contributed by atoms with Gasteiger partial charge in [-0.2, -0.15) is 0 Å². The third kappa shape index (κ3) is 3.42. The van der Waals surface area contributed by atoms with Crippen molar-refractivity contribution in [3.8, 4) is 0 Å². The molecular formula is C11H20N2O3S. The number of nitrogens with one attached hydrogen (secondary N) is 1. The van der Waals surface area contributed by atoms with Gasteiger partial charge in [0.05, 0.1) is 6.26 Å². The van der Waals surface area contributed by atoms with Crippen molar-refractivity contribution in [2.75, 3.05) is 19.3 Å². The Morgan fingerprint density at radius 3 is 2.47 bits per heavy atom. The van der Waals surface area contributed by atoms with Crippen LogP contribution in [0.2, 0.25) is 0 Å². The van der Waals surface area contributed by atoms with Gasteiger partial charge in [-0.25, -0.2) is 13.1 Å². The minimum Gasteiger partial charge on any atom is -0.341 e. The molecule has 2 rings (SSSR count). The lowest BCUT2D eigenvalue weighted by molar-refractivity contribution is -0.134. The second-order valence-electron chi connectivity index (χ2n) is 5.14. The maximum Gasteiger partial charge on any atom is 0.225 e. The zero-order valence-corrected chi connectivity index (χ0v) is 11.0. The van der Waals surface area contributed by atoms with E-state index in [1.165, 1.54) is 0 Å². The molecule has 1 saturated carbocycles. The zero-order chi connectivity index (χ0) is 12.5. The summed E-state index contributed by atoms with van der Waals surface area (Å²) in [5, 5.41) is 0. The van der Waals surface area contributed by atoms with E-state index in [-0.39, 0.29) is 17.9 Å². The first-order valence-electron chi connectivity index (χ1n) is 6.22. The number of amides is 1. The van der Waals surface area contributed by atoms with Gasteiger partial charge in [0.1, 0.15) is 0 Å². The Morgan fingerprint density at radius 1 is 1.24 bits per heavy atom. The Morgan fingerprint density at radius 2 is 1.88 bits per heavy atom. The topological polar surface area (TPSA) is 66.5 Å². The van der Waals surface area contributed by atoms with Crippen LogP contribution in [0.25, 0.3) is 0 Å². The van der Waals surface area contributed by atoms with Crippen LogP contribution >= 0.6 is 0 Å². The Kier molecular flexibility index (Phi) is 3.73. The van der Waals surface area contributed by atoms with Gasteiger partial charge in [-0.15, -0.1) is 0 Å². The molecule has 0 aromatic heterocycles. The molecule has 1 N–H and O–H groups in total. The summed E-state index contributed by atoms with van der Waals surface area (Å²) in [5.74, 6) is 0.410. The predicted octanol–water partition coefficient (Wildman–Crippen LogP) is 0.327. The van der Waals surface area contributed by atoms with Gasteiger partial charge in [0, 0.05) is 25.0 Å². The van der Waals surface area contributed by atoms with Gasteiger partial charge in [0.15, 0.2) is 0 Å². The van der Waals surface area contributed by atoms with Gasteiger partial charge in [-0.1, -0.05) is 12.8 Å². The van der Waals surface area contributed by atoms with E-state index in [0.717, 1.165) is 38.4 Å². The van der Waals surface area contributed by atoms with E-state index in [1.807, 2.05) is 4.90 Å². The Balaban J connectivity index is 1.87. The summed E-state index contributed by atoms with van der Waals surface area (Å²) in [6.07, 6.45) is 6.18. The molecule has 2 aliphatic rings. The number of carbonyl (C=O) groups excluding carboxylic acids is 1. The average Bonchev–Trinajstić information content (AvgIpc) is 2.83. The highest BCUT2D eigenvalue weighted by atomic mass is 32.2. The van der Waals surface area contributed by atoms with Crippen molar-refractivity contribution >= 4 is 15.9 Å². The predicted molar refractivity (Wildman–Crippen MR) is 64.9 cm³/mol.